The number of aliphatic hydroxyl groups excluding tert-OH is 1. The number of carbonyl (C=O) groups is 3. The Labute approximate surface area is 171 Å². The normalized spacial score (nSPS) is 28.2. The Bertz CT molecular complexity index is 780. The molecule has 3 rings (SSSR count). The van der Waals surface area contributed by atoms with E-state index in [4.69, 9.17) is 0 Å². The third-order valence-corrected chi connectivity index (χ3v) is 5.96. The van der Waals surface area contributed by atoms with Gasteiger partial charge in [-0.15, -0.1) is 0 Å². The van der Waals surface area contributed by atoms with Crippen molar-refractivity contribution in [1.82, 2.24) is 15.5 Å². The van der Waals surface area contributed by atoms with E-state index in [1.165, 1.54) is 0 Å². The second-order valence-electron chi connectivity index (χ2n) is 7.74. The summed E-state index contributed by atoms with van der Waals surface area (Å²) in [5, 5.41) is 14.9. The third kappa shape index (κ3) is 4.19. The van der Waals surface area contributed by atoms with Crippen molar-refractivity contribution < 1.29 is 19.5 Å². The monoisotopic (exact) mass is 399 g/mol. The molecule has 0 spiro atoms. The Kier molecular flexibility index (Phi) is 6.69. The fraction of sp³-hybridized carbons (Fsp3) is 0.500. The first kappa shape index (κ1) is 21.0. The number of aliphatic hydroxyl groups is 1. The van der Waals surface area contributed by atoms with E-state index in [1.807, 2.05) is 49.4 Å². The van der Waals surface area contributed by atoms with Gasteiger partial charge in [0.15, 0.2) is 0 Å². The molecule has 1 aliphatic carbocycles. The van der Waals surface area contributed by atoms with Crippen LogP contribution in [0.15, 0.2) is 42.5 Å². The van der Waals surface area contributed by atoms with Gasteiger partial charge in [0.2, 0.25) is 17.7 Å². The molecule has 1 aliphatic heterocycles. The Hall–Kier alpha value is -2.67. The third-order valence-electron chi connectivity index (χ3n) is 5.96. The van der Waals surface area contributed by atoms with Crippen LogP contribution in [-0.2, 0) is 20.9 Å². The minimum Gasteiger partial charge on any atom is -0.396 e. The standard InChI is InChI=1S/C22H29N3O4/c1-14-9-10-16-18(17(14)20(27)23-2)22(29)25(11-6-12-26)19(16)21(28)24-13-15-7-4-3-5-8-15/h3-5,7-10,14,16-19,26H,6,11-13H2,1-2H3,(H,23,27)(H,24,28)/t14-,16+,17-,18+,19+/m1/s1. The van der Waals surface area contributed by atoms with Gasteiger partial charge in [0.05, 0.1) is 11.8 Å². The zero-order valence-electron chi connectivity index (χ0n) is 16.9. The lowest BCUT2D eigenvalue weighted by molar-refractivity contribution is -0.140. The van der Waals surface area contributed by atoms with Gasteiger partial charge in [-0.3, -0.25) is 14.4 Å². The maximum absolute atomic E-state index is 13.3. The minimum absolute atomic E-state index is 0.0669. The number of amides is 3. The van der Waals surface area contributed by atoms with Crippen molar-refractivity contribution in [3.8, 4) is 0 Å². The largest absolute Gasteiger partial charge is 0.396 e. The number of allylic oxidation sites excluding steroid dienone is 1. The molecule has 0 unspecified atom stereocenters. The number of hydrogen-bond donors (Lipinski definition) is 3. The molecule has 5 atom stereocenters. The molecule has 0 bridgehead atoms. The van der Waals surface area contributed by atoms with E-state index in [0.717, 1.165) is 5.56 Å². The van der Waals surface area contributed by atoms with Gasteiger partial charge < -0.3 is 20.6 Å². The Morgan fingerprint density at radius 3 is 2.52 bits per heavy atom. The summed E-state index contributed by atoms with van der Waals surface area (Å²) >= 11 is 0. The van der Waals surface area contributed by atoms with Crippen LogP contribution in [0.5, 0.6) is 0 Å². The van der Waals surface area contributed by atoms with Crippen LogP contribution in [0, 0.1) is 23.7 Å². The predicted molar refractivity (Wildman–Crippen MR) is 108 cm³/mol. The molecule has 0 radical (unpaired) electrons. The maximum atomic E-state index is 13.3. The molecule has 1 fully saturated rings. The quantitative estimate of drug-likeness (QED) is 0.588. The summed E-state index contributed by atoms with van der Waals surface area (Å²) in [6.07, 6.45) is 4.23. The van der Waals surface area contributed by atoms with Crippen LogP contribution in [0.1, 0.15) is 18.9 Å². The number of likely N-dealkylation sites (tertiary alicyclic amines) is 1. The van der Waals surface area contributed by atoms with Gasteiger partial charge in [0, 0.05) is 32.7 Å². The van der Waals surface area contributed by atoms with Crippen molar-refractivity contribution in [2.24, 2.45) is 23.7 Å². The molecule has 0 saturated carbocycles. The lowest BCUT2D eigenvalue weighted by Gasteiger charge is -2.32. The zero-order valence-corrected chi connectivity index (χ0v) is 16.9. The number of nitrogens with one attached hydrogen (secondary N) is 2. The lowest BCUT2D eigenvalue weighted by atomic mass is 9.70. The molecular formula is C22H29N3O4. The smallest absolute Gasteiger partial charge is 0.243 e. The Morgan fingerprint density at radius 2 is 1.86 bits per heavy atom. The molecule has 29 heavy (non-hydrogen) atoms. The number of nitrogens with zero attached hydrogens (tertiary/aromatic N) is 1. The van der Waals surface area contributed by atoms with Gasteiger partial charge in [-0.25, -0.2) is 0 Å². The summed E-state index contributed by atoms with van der Waals surface area (Å²) in [5.74, 6) is -2.14. The fourth-order valence-corrected chi connectivity index (χ4v) is 4.53. The molecule has 3 amide bonds. The molecule has 1 heterocycles. The SMILES string of the molecule is CNC(=O)[C@H]1[C@H]2C(=O)N(CCCO)[C@H](C(=O)NCc3ccccc3)[C@H]2C=C[C@H]1C. The number of fused-ring (bicyclic) bond motifs is 1. The Morgan fingerprint density at radius 1 is 1.14 bits per heavy atom. The minimum atomic E-state index is -0.682. The molecule has 3 N–H and O–H groups in total. The number of carbonyl (C=O) groups excluding carboxylic acids is 3. The predicted octanol–water partition coefficient (Wildman–Crippen LogP) is 0.697. The summed E-state index contributed by atoms with van der Waals surface area (Å²) < 4.78 is 0. The highest BCUT2D eigenvalue weighted by Gasteiger charge is 2.56. The average Bonchev–Trinajstić information content (AvgIpc) is 3.02. The molecule has 7 nitrogen and oxygen atoms in total. The summed E-state index contributed by atoms with van der Waals surface area (Å²) in [7, 11) is 1.56. The van der Waals surface area contributed by atoms with Gasteiger partial charge in [0.25, 0.3) is 0 Å². The van der Waals surface area contributed by atoms with Crippen molar-refractivity contribution in [3.63, 3.8) is 0 Å². The topological polar surface area (TPSA) is 98.7 Å². The van der Waals surface area contributed by atoms with Gasteiger partial charge >= 0.3 is 0 Å². The first-order valence-corrected chi connectivity index (χ1v) is 10.1. The molecule has 2 aliphatic rings. The van der Waals surface area contributed by atoms with Gasteiger partial charge in [-0.2, -0.15) is 0 Å². The maximum Gasteiger partial charge on any atom is 0.243 e. The van der Waals surface area contributed by atoms with Gasteiger partial charge in [-0.1, -0.05) is 49.4 Å². The molecule has 1 aromatic carbocycles. The summed E-state index contributed by atoms with van der Waals surface area (Å²) in [4.78, 5) is 40.4. The van der Waals surface area contributed by atoms with E-state index in [0.29, 0.717) is 13.0 Å². The summed E-state index contributed by atoms with van der Waals surface area (Å²) in [6.45, 7) is 2.51. The van der Waals surface area contributed by atoms with Crippen LogP contribution in [0.2, 0.25) is 0 Å². The highest BCUT2D eigenvalue weighted by atomic mass is 16.3. The van der Waals surface area contributed by atoms with E-state index >= 15 is 0 Å². The van der Waals surface area contributed by atoms with Crippen LogP contribution >= 0.6 is 0 Å². The van der Waals surface area contributed by atoms with E-state index in [1.54, 1.807) is 11.9 Å². The van der Waals surface area contributed by atoms with E-state index in [-0.39, 0.29) is 42.7 Å². The molecule has 156 valence electrons. The molecular weight excluding hydrogens is 370 g/mol. The van der Waals surface area contributed by atoms with Crippen LogP contribution in [0.4, 0.5) is 0 Å². The first-order valence-electron chi connectivity index (χ1n) is 10.1. The van der Waals surface area contributed by atoms with Crippen molar-refractivity contribution in [3.05, 3.63) is 48.0 Å². The van der Waals surface area contributed by atoms with Gasteiger partial charge in [-0.05, 0) is 17.9 Å². The molecule has 1 aromatic rings. The summed E-state index contributed by atoms with van der Waals surface area (Å²) in [5.41, 5.74) is 0.972. The number of hydrogen-bond acceptors (Lipinski definition) is 4. The number of benzene rings is 1. The van der Waals surface area contributed by atoms with Crippen LogP contribution in [0.25, 0.3) is 0 Å². The van der Waals surface area contributed by atoms with Crippen molar-refractivity contribution in [2.45, 2.75) is 25.9 Å². The highest BCUT2D eigenvalue weighted by molar-refractivity contribution is 5.96. The summed E-state index contributed by atoms with van der Waals surface area (Å²) in [6, 6.07) is 8.90. The molecule has 1 saturated heterocycles. The Balaban J connectivity index is 1.86. The average molecular weight is 399 g/mol. The lowest BCUT2D eigenvalue weighted by Crippen LogP contribution is -2.47. The first-order chi connectivity index (χ1) is 14.0. The zero-order chi connectivity index (χ0) is 21.0. The molecule has 7 heteroatoms. The van der Waals surface area contributed by atoms with Crippen LogP contribution in [0.3, 0.4) is 0 Å². The van der Waals surface area contributed by atoms with Crippen LogP contribution in [-0.4, -0.2) is 54.0 Å². The number of rotatable bonds is 7. The van der Waals surface area contributed by atoms with Crippen molar-refractivity contribution in [1.29, 1.82) is 0 Å². The fourth-order valence-electron chi connectivity index (χ4n) is 4.53. The second-order valence-corrected chi connectivity index (χ2v) is 7.74. The van der Waals surface area contributed by atoms with Crippen molar-refractivity contribution >= 4 is 17.7 Å². The second kappa shape index (κ2) is 9.22. The van der Waals surface area contributed by atoms with E-state index in [9.17, 15) is 19.5 Å². The molecule has 0 aromatic heterocycles. The van der Waals surface area contributed by atoms with E-state index in [2.05, 4.69) is 10.6 Å². The van der Waals surface area contributed by atoms with Gasteiger partial charge in [0.1, 0.15) is 6.04 Å². The van der Waals surface area contributed by atoms with Crippen LogP contribution < -0.4 is 10.6 Å². The van der Waals surface area contributed by atoms with E-state index < -0.39 is 17.9 Å². The van der Waals surface area contributed by atoms with Crippen molar-refractivity contribution in [2.75, 3.05) is 20.2 Å². The highest BCUT2D eigenvalue weighted by Crippen LogP contribution is 2.43.